The van der Waals surface area contributed by atoms with Gasteiger partial charge in [-0.15, -0.1) is 0 Å². The van der Waals surface area contributed by atoms with Gasteiger partial charge in [0.1, 0.15) is 6.10 Å². The highest BCUT2D eigenvalue weighted by atomic mass is 16.7. The Morgan fingerprint density at radius 3 is 2.67 bits per heavy atom. The minimum absolute atomic E-state index is 0.110. The Morgan fingerprint density at radius 2 is 1.89 bits per heavy atom. The van der Waals surface area contributed by atoms with Crippen LogP contribution in [0.1, 0.15) is 18.1 Å². The molecular weight excluding hydrogens is 466 g/mol. The first-order chi connectivity index (χ1) is 17.4. The number of methoxy groups -OCH3 is 1. The zero-order chi connectivity index (χ0) is 25.5. The standard InChI is InChI=1S/C26H25N3O7/c1-33-22-11-9-16(13-20(22)30)21(7-4-8-25(31)29-19-6-3-2-5-18(19)27)36-26(32)28-17-10-12-23-24(14-17)35-15-34-23/h2-6,8-14,21,30H,7,15,27H2,1H3,(H,28,32)(H,29,31)/b8-4+/t21-/m0/s1. The van der Waals surface area contributed by atoms with Crippen molar-refractivity contribution >= 4 is 29.1 Å². The van der Waals surface area contributed by atoms with E-state index in [-0.39, 0.29) is 24.7 Å². The van der Waals surface area contributed by atoms with Crippen molar-refractivity contribution in [2.45, 2.75) is 12.5 Å². The maximum atomic E-state index is 12.7. The van der Waals surface area contributed by atoms with Crippen LogP contribution in [0.3, 0.4) is 0 Å². The second-order valence-corrected chi connectivity index (χ2v) is 7.73. The van der Waals surface area contributed by atoms with E-state index < -0.39 is 18.1 Å². The fourth-order valence-corrected chi connectivity index (χ4v) is 3.49. The third kappa shape index (κ3) is 5.98. The average Bonchev–Trinajstić information content (AvgIpc) is 3.33. The Hall–Kier alpha value is -4.86. The molecule has 1 atom stereocenters. The summed E-state index contributed by atoms with van der Waals surface area (Å²) in [5.41, 5.74) is 7.74. The van der Waals surface area contributed by atoms with Gasteiger partial charge < -0.3 is 35.1 Å². The lowest BCUT2D eigenvalue weighted by atomic mass is 10.1. The highest BCUT2D eigenvalue weighted by Gasteiger charge is 2.19. The number of hydrogen-bond acceptors (Lipinski definition) is 8. The summed E-state index contributed by atoms with van der Waals surface area (Å²) < 4.78 is 21.3. The van der Waals surface area contributed by atoms with Gasteiger partial charge in [-0.1, -0.05) is 24.3 Å². The van der Waals surface area contributed by atoms with Crippen molar-refractivity contribution in [3.63, 3.8) is 0 Å². The second-order valence-electron chi connectivity index (χ2n) is 7.73. The number of carbonyl (C=O) groups excluding carboxylic acids is 2. The molecule has 36 heavy (non-hydrogen) atoms. The number of hydrogen-bond donors (Lipinski definition) is 4. The minimum atomic E-state index is -0.818. The number of phenols is 1. The van der Waals surface area contributed by atoms with E-state index in [2.05, 4.69) is 10.6 Å². The zero-order valence-corrected chi connectivity index (χ0v) is 19.4. The molecule has 2 amide bonds. The van der Waals surface area contributed by atoms with Crippen LogP contribution in [0.5, 0.6) is 23.0 Å². The lowest BCUT2D eigenvalue weighted by Gasteiger charge is -2.18. The number of carbonyl (C=O) groups is 2. The summed E-state index contributed by atoms with van der Waals surface area (Å²) in [6.07, 6.45) is 1.49. The van der Waals surface area contributed by atoms with E-state index in [1.54, 1.807) is 60.7 Å². The molecule has 0 fully saturated rings. The first-order valence-electron chi connectivity index (χ1n) is 11.0. The van der Waals surface area contributed by atoms with Gasteiger partial charge in [0.2, 0.25) is 12.7 Å². The maximum Gasteiger partial charge on any atom is 0.412 e. The van der Waals surface area contributed by atoms with Crippen LogP contribution >= 0.6 is 0 Å². The molecule has 0 aliphatic carbocycles. The van der Waals surface area contributed by atoms with Crippen LogP contribution in [0.4, 0.5) is 21.9 Å². The SMILES string of the molecule is COc1ccc([C@H](C/C=C/C(=O)Nc2ccccc2N)OC(=O)Nc2ccc3c(c2)OCO3)cc1O. The molecule has 10 heteroatoms. The molecule has 5 N–H and O–H groups in total. The second kappa shape index (κ2) is 11.0. The minimum Gasteiger partial charge on any atom is -0.504 e. The van der Waals surface area contributed by atoms with Gasteiger partial charge in [0.25, 0.3) is 0 Å². The summed E-state index contributed by atoms with van der Waals surface area (Å²) >= 11 is 0. The van der Waals surface area contributed by atoms with E-state index in [1.807, 2.05) is 0 Å². The number of amides is 2. The molecule has 3 aromatic rings. The van der Waals surface area contributed by atoms with E-state index >= 15 is 0 Å². The van der Waals surface area contributed by atoms with Crippen LogP contribution in [0.2, 0.25) is 0 Å². The molecule has 0 saturated carbocycles. The molecule has 0 radical (unpaired) electrons. The first kappa shape index (κ1) is 24.3. The molecule has 0 saturated heterocycles. The Labute approximate surface area is 207 Å². The van der Waals surface area contributed by atoms with Crippen molar-refractivity contribution < 1.29 is 33.6 Å². The lowest BCUT2D eigenvalue weighted by Crippen LogP contribution is -2.17. The molecule has 10 nitrogen and oxygen atoms in total. The molecule has 4 rings (SSSR count). The number of nitrogens with two attached hydrogens (primary N) is 1. The van der Waals surface area contributed by atoms with Crippen LogP contribution in [-0.2, 0) is 9.53 Å². The normalized spacial score (nSPS) is 12.7. The fourth-order valence-electron chi connectivity index (χ4n) is 3.49. The van der Waals surface area contributed by atoms with Crippen molar-refractivity contribution in [3.05, 3.63) is 78.4 Å². The molecule has 186 valence electrons. The number of anilines is 3. The van der Waals surface area contributed by atoms with Crippen molar-refractivity contribution in [1.82, 2.24) is 0 Å². The first-order valence-corrected chi connectivity index (χ1v) is 11.0. The summed E-state index contributed by atoms with van der Waals surface area (Å²) in [5, 5.41) is 15.5. The van der Waals surface area contributed by atoms with Gasteiger partial charge in [0.15, 0.2) is 23.0 Å². The van der Waals surface area contributed by atoms with Gasteiger partial charge in [0.05, 0.1) is 18.5 Å². The van der Waals surface area contributed by atoms with E-state index in [0.29, 0.717) is 34.1 Å². The maximum absolute atomic E-state index is 12.7. The summed E-state index contributed by atoms with van der Waals surface area (Å²) in [4.78, 5) is 25.0. The van der Waals surface area contributed by atoms with Crippen LogP contribution in [0, 0.1) is 0 Å². The molecule has 0 aromatic heterocycles. The largest absolute Gasteiger partial charge is 0.504 e. The van der Waals surface area contributed by atoms with Crippen LogP contribution in [0.25, 0.3) is 0 Å². The Morgan fingerprint density at radius 1 is 1.08 bits per heavy atom. The Balaban J connectivity index is 1.45. The smallest absolute Gasteiger partial charge is 0.412 e. The van der Waals surface area contributed by atoms with E-state index in [0.717, 1.165) is 0 Å². The number of rotatable bonds is 8. The number of ether oxygens (including phenoxy) is 4. The molecule has 0 bridgehead atoms. The number of aromatic hydroxyl groups is 1. The van der Waals surface area contributed by atoms with Crippen molar-refractivity contribution in [3.8, 4) is 23.0 Å². The molecule has 0 spiro atoms. The third-order valence-corrected chi connectivity index (χ3v) is 5.28. The van der Waals surface area contributed by atoms with Crippen LogP contribution in [-0.4, -0.2) is 31.0 Å². The lowest BCUT2D eigenvalue weighted by molar-refractivity contribution is -0.111. The highest BCUT2D eigenvalue weighted by Crippen LogP contribution is 2.35. The number of para-hydroxylation sites is 2. The molecule has 1 aliphatic heterocycles. The van der Waals surface area contributed by atoms with Crippen molar-refractivity contribution in [2.24, 2.45) is 0 Å². The Bertz CT molecular complexity index is 1290. The van der Waals surface area contributed by atoms with E-state index in [9.17, 15) is 14.7 Å². The van der Waals surface area contributed by atoms with Crippen molar-refractivity contribution in [2.75, 3.05) is 30.3 Å². The summed E-state index contributed by atoms with van der Waals surface area (Å²) in [7, 11) is 1.43. The number of phenolic OH excluding ortho intramolecular Hbond substituents is 1. The van der Waals surface area contributed by atoms with Gasteiger partial charge in [-0.25, -0.2) is 4.79 Å². The number of nitrogen functional groups attached to an aromatic ring is 1. The molecule has 1 heterocycles. The monoisotopic (exact) mass is 491 g/mol. The van der Waals surface area contributed by atoms with Crippen LogP contribution < -0.4 is 30.6 Å². The predicted molar refractivity (Wildman–Crippen MR) is 133 cm³/mol. The van der Waals surface area contributed by atoms with Gasteiger partial charge in [0, 0.05) is 18.2 Å². The van der Waals surface area contributed by atoms with Gasteiger partial charge in [-0.2, -0.15) is 0 Å². The zero-order valence-electron chi connectivity index (χ0n) is 19.4. The topological polar surface area (TPSA) is 141 Å². The number of benzene rings is 3. The molecular formula is C26H25N3O7. The summed E-state index contributed by atoms with van der Waals surface area (Å²) in [6, 6.07) is 16.5. The molecule has 1 aliphatic rings. The van der Waals surface area contributed by atoms with E-state index in [4.69, 9.17) is 24.7 Å². The summed E-state index contributed by atoms with van der Waals surface area (Å²) in [5.74, 6) is 0.867. The van der Waals surface area contributed by atoms with Crippen LogP contribution in [0.15, 0.2) is 72.8 Å². The number of fused-ring (bicyclic) bond motifs is 1. The van der Waals surface area contributed by atoms with Gasteiger partial charge >= 0.3 is 6.09 Å². The molecule has 0 unspecified atom stereocenters. The van der Waals surface area contributed by atoms with E-state index in [1.165, 1.54) is 19.3 Å². The predicted octanol–water partition coefficient (Wildman–Crippen LogP) is 4.59. The van der Waals surface area contributed by atoms with Crippen molar-refractivity contribution in [1.29, 1.82) is 0 Å². The van der Waals surface area contributed by atoms with Gasteiger partial charge in [-0.3, -0.25) is 10.1 Å². The summed E-state index contributed by atoms with van der Waals surface area (Å²) in [6.45, 7) is 0.114. The van der Waals surface area contributed by atoms with Gasteiger partial charge in [-0.05, 0) is 48.0 Å². The average molecular weight is 492 g/mol. The highest BCUT2D eigenvalue weighted by molar-refractivity contribution is 6.01. The number of nitrogens with one attached hydrogen (secondary N) is 2. The quantitative estimate of drug-likeness (QED) is 0.265. The fraction of sp³-hybridized carbons (Fsp3) is 0.154. The third-order valence-electron chi connectivity index (χ3n) is 5.28. The Kier molecular flexibility index (Phi) is 7.45. The molecule has 3 aromatic carbocycles.